The zero-order valence-corrected chi connectivity index (χ0v) is 18.5. The molecule has 2 heterocycles. The molecule has 7 heteroatoms. The standard InChI is InChI=1S/C24H32FN3O3/c1-3-27(4-2)24(30)18-26-14-7-15-28(17-16-26)23(29)13-11-19-10-12-22(31-19)20-8-5-6-9-21(20)25/h5-6,8-10,12H,3-4,7,11,13-18H2,1-2H3. The maximum Gasteiger partial charge on any atom is 0.236 e. The Labute approximate surface area is 183 Å². The summed E-state index contributed by atoms with van der Waals surface area (Å²) in [6, 6.07) is 10.0. The largest absolute Gasteiger partial charge is 0.461 e. The van der Waals surface area contributed by atoms with Gasteiger partial charge >= 0.3 is 0 Å². The van der Waals surface area contributed by atoms with Crippen LogP contribution in [-0.2, 0) is 16.0 Å². The molecule has 2 amide bonds. The number of nitrogens with zero attached hydrogens (tertiary/aromatic N) is 3. The van der Waals surface area contributed by atoms with Crippen LogP contribution < -0.4 is 0 Å². The SMILES string of the molecule is CCN(CC)C(=O)CN1CCCN(C(=O)CCc2ccc(-c3ccccc3F)o2)CC1. The number of benzene rings is 1. The van der Waals surface area contributed by atoms with Crippen LogP contribution in [0.2, 0.25) is 0 Å². The van der Waals surface area contributed by atoms with Crippen molar-refractivity contribution < 1.29 is 18.4 Å². The lowest BCUT2D eigenvalue weighted by Crippen LogP contribution is -2.42. The average molecular weight is 430 g/mol. The molecule has 1 aliphatic rings. The third-order valence-corrected chi connectivity index (χ3v) is 5.80. The smallest absolute Gasteiger partial charge is 0.236 e. The number of amides is 2. The molecular formula is C24H32FN3O3. The predicted molar refractivity (Wildman–Crippen MR) is 118 cm³/mol. The Bertz CT molecular complexity index is 878. The van der Waals surface area contributed by atoms with Crippen molar-refractivity contribution in [2.45, 2.75) is 33.1 Å². The van der Waals surface area contributed by atoms with Crippen LogP contribution >= 0.6 is 0 Å². The summed E-state index contributed by atoms with van der Waals surface area (Å²) in [6.45, 7) is 8.69. The highest BCUT2D eigenvalue weighted by Crippen LogP contribution is 2.25. The number of likely N-dealkylation sites (N-methyl/N-ethyl adjacent to an activating group) is 1. The molecule has 168 valence electrons. The highest BCUT2D eigenvalue weighted by Gasteiger charge is 2.22. The third kappa shape index (κ3) is 6.17. The van der Waals surface area contributed by atoms with Crippen molar-refractivity contribution in [1.82, 2.24) is 14.7 Å². The summed E-state index contributed by atoms with van der Waals surface area (Å²) in [5.41, 5.74) is 0.423. The molecule has 0 radical (unpaired) electrons. The lowest BCUT2D eigenvalue weighted by molar-refractivity contribution is -0.132. The zero-order valence-electron chi connectivity index (χ0n) is 18.5. The first kappa shape index (κ1) is 23.0. The Kier molecular flexibility index (Phi) is 8.23. The van der Waals surface area contributed by atoms with Gasteiger partial charge in [-0.25, -0.2) is 4.39 Å². The molecule has 0 atom stereocenters. The number of furan rings is 1. The van der Waals surface area contributed by atoms with Crippen LogP contribution in [0.25, 0.3) is 11.3 Å². The fourth-order valence-corrected chi connectivity index (χ4v) is 3.95. The van der Waals surface area contributed by atoms with Crippen molar-refractivity contribution >= 4 is 11.8 Å². The van der Waals surface area contributed by atoms with Gasteiger partial charge in [0, 0.05) is 52.1 Å². The maximum atomic E-state index is 13.9. The van der Waals surface area contributed by atoms with Crippen molar-refractivity contribution in [3.63, 3.8) is 0 Å². The van der Waals surface area contributed by atoms with Crippen LogP contribution in [0.4, 0.5) is 4.39 Å². The Morgan fingerprint density at radius 2 is 1.81 bits per heavy atom. The van der Waals surface area contributed by atoms with Gasteiger partial charge in [0.15, 0.2) is 0 Å². The second-order valence-electron chi connectivity index (χ2n) is 7.82. The van der Waals surface area contributed by atoms with Gasteiger partial charge in [0.1, 0.15) is 17.3 Å². The zero-order chi connectivity index (χ0) is 22.2. The lowest BCUT2D eigenvalue weighted by Gasteiger charge is -2.25. The molecule has 0 bridgehead atoms. The molecule has 3 rings (SSSR count). The molecule has 1 saturated heterocycles. The van der Waals surface area contributed by atoms with E-state index in [1.165, 1.54) is 6.07 Å². The molecule has 1 aliphatic heterocycles. The third-order valence-electron chi connectivity index (χ3n) is 5.80. The van der Waals surface area contributed by atoms with Gasteiger partial charge in [0.2, 0.25) is 11.8 Å². The highest BCUT2D eigenvalue weighted by molar-refractivity contribution is 5.78. The summed E-state index contributed by atoms with van der Waals surface area (Å²) < 4.78 is 19.7. The van der Waals surface area contributed by atoms with E-state index in [0.717, 1.165) is 26.1 Å². The number of aryl methyl sites for hydroxylation is 1. The van der Waals surface area contributed by atoms with E-state index in [1.54, 1.807) is 30.3 Å². The number of hydrogen-bond donors (Lipinski definition) is 0. The first-order valence-electron chi connectivity index (χ1n) is 11.1. The molecule has 0 spiro atoms. The van der Waals surface area contributed by atoms with Crippen LogP contribution in [0.15, 0.2) is 40.8 Å². The maximum absolute atomic E-state index is 13.9. The summed E-state index contributed by atoms with van der Waals surface area (Å²) in [7, 11) is 0. The summed E-state index contributed by atoms with van der Waals surface area (Å²) in [6.07, 6.45) is 1.69. The molecule has 0 saturated carbocycles. The van der Waals surface area contributed by atoms with E-state index in [0.29, 0.717) is 56.1 Å². The van der Waals surface area contributed by atoms with Crippen molar-refractivity contribution in [1.29, 1.82) is 0 Å². The first-order valence-corrected chi connectivity index (χ1v) is 11.1. The molecule has 0 unspecified atom stereocenters. The summed E-state index contributed by atoms with van der Waals surface area (Å²) in [5.74, 6) is 1.05. The Balaban J connectivity index is 1.48. The quantitative estimate of drug-likeness (QED) is 0.645. The molecule has 0 N–H and O–H groups in total. The van der Waals surface area contributed by atoms with Crippen LogP contribution in [0.1, 0.15) is 32.4 Å². The predicted octanol–water partition coefficient (Wildman–Crippen LogP) is 3.42. The number of carbonyl (C=O) groups excluding carboxylic acids is 2. The fourth-order valence-electron chi connectivity index (χ4n) is 3.95. The second-order valence-corrected chi connectivity index (χ2v) is 7.82. The molecule has 1 fully saturated rings. The first-order chi connectivity index (χ1) is 15.0. The van der Waals surface area contributed by atoms with Crippen molar-refractivity contribution in [3.8, 4) is 11.3 Å². The van der Waals surface area contributed by atoms with E-state index in [9.17, 15) is 14.0 Å². The van der Waals surface area contributed by atoms with Gasteiger partial charge in [-0.2, -0.15) is 0 Å². The molecular weight excluding hydrogens is 397 g/mol. The molecule has 6 nitrogen and oxygen atoms in total. The molecule has 2 aromatic rings. The minimum absolute atomic E-state index is 0.0840. The van der Waals surface area contributed by atoms with E-state index >= 15 is 0 Å². The summed E-state index contributed by atoms with van der Waals surface area (Å²) in [5, 5.41) is 0. The van der Waals surface area contributed by atoms with Crippen LogP contribution in [-0.4, -0.2) is 72.3 Å². The Hall–Kier alpha value is -2.67. The van der Waals surface area contributed by atoms with Gasteiger partial charge in [-0.1, -0.05) is 12.1 Å². The van der Waals surface area contributed by atoms with Gasteiger partial charge in [-0.3, -0.25) is 14.5 Å². The van der Waals surface area contributed by atoms with E-state index in [1.807, 2.05) is 23.6 Å². The van der Waals surface area contributed by atoms with Crippen LogP contribution in [0, 0.1) is 5.82 Å². The van der Waals surface area contributed by atoms with E-state index < -0.39 is 0 Å². The minimum Gasteiger partial charge on any atom is -0.461 e. The Morgan fingerprint density at radius 3 is 2.55 bits per heavy atom. The van der Waals surface area contributed by atoms with Gasteiger partial charge in [-0.05, 0) is 44.5 Å². The van der Waals surface area contributed by atoms with Gasteiger partial charge in [0.25, 0.3) is 0 Å². The number of hydrogen-bond acceptors (Lipinski definition) is 4. The normalized spacial score (nSPS) is 15.0. The fraction of sp³-hybridized carbons (Fsp3) is 0.500. The molecule has 1 aromatic carbocycles. The van der Waals surface area contributed by atoms with E-state index in [4.69, 9.17) is 4.42 Å². The van der Waals surface area contributed by atoms with Crippen LogP contribution in [0.3, 0.4) is 0 Å². The highest BCUT2D eigenvalue weighted by atomic mass is 19.1. The molecule has 0 aliphatic carbocycles. The minimum atomic E-state index is -0.326. The second kappa shape index (κ2) is 11.1. The van der Waals surface area contributed by atoms with Crippen molar-refractivity contribution in [3.05, 3.63) is 48.0 Å². The lowest BCUT2D eigenvalue weighted by atomic mass is 10.1. The van der Waals surface area contributed by atoms with Gasteiger partial charge in [0.05, 0.1) is 12.1 Å². The van der Waals surface area contributed by atoms with E-state index in [2.05, 4.69) is 4.90 Å². The molecule has 1 aromatic heterocycles. The molecule has 31 heavy (non-hydrogen) atoms. The van der Waals surface area contributed by atoms with Crippen molar-refractivity contribution in [2.75, 3.05) is 45.8 Å². The van der Waals surface area contributed by atoms with Crippen molar-refractivity contribution in [2.24, 2.45) is 0 Å². The van der Waals surface area contributed by atoms with Crippen LogP contribution in [0.5, 0.6) is 0 Å². The van der Waals surface area contributed by atoms with E-state index in [-0.39, 0.29) is 17.6 Å². The number of rotatable bonds is 8. The summed E-state index contributed by atoms with van der Waals surface area (Å²) >= 11 is 0. The Morgan fingerprint density at radius 1 is 1.03 bits per heavy atom. The van der Waals surface area contributed by atoms with Gasteiger partial charge in [-0.15, -0.1) is 0 Å². The average Bonchev–Trinajstić information content (AvgIpc) is 3.11. The summed E-state index contributed by atoms with van der Waals surface area (Å²) in [4.78, 5) is 30.9. The van der Waals surface area contributed by atoms with Gasteiger partial charge < -0.3 is 14.2 Å². The number of carbonyl (C=O) groups is 2. The number of halogens is 1. The topological polar surface area (TPSA) is 57.0 Å². The monoisotopic (exact) mass is 429 g/mol.